The summed E-state index contributed by atoms with van der Waals surface area (Å²) in [4.78, 5) is 20.0. The van der Waals surface area contributed by atoms with Crippen molar-refractivity contribution >= 4 is 0 Å². The molecule has 4 nitrogen and oxygen atoms in total. The first-order chi connectivity index (χ1) is 14.8. The van der Waals surface area contributed by atoms with Crippen LogP contribution in [-0.2, 0) is 22.7 Å². The molecule has 0 amide bonds. The molecular weight excluding hydrogens is 392 g/mol. The molecular formula is C28H44N4. The second kappa shape index (κ2) is 8.83. The summed E-state index contributed by atoms with van der Waals surface area (Å²) < 4.78 is 0. The smallest absolute Gasteiger partial charge is 0.0678 e. The lowest BCUT2D eigenvalue weighted by atomic mass is 9.75. The Labute approximate surface area is 196 Å². The maximum atomic E-state index is 5.14. The molecule has 2 aromatic heterocycles. The Kier molecular flexibility index (Phi) is 6.85. The summed E-state index contributed by atoms with van der Waals surface area (Å²) in [6, 6.07) is 0. The van der Waals surface area contributed by atoms with Gasteiger partial charge in [0.25, 0.3) is 0 Å². The van der Waals surface area contributed by atoms with Crippen LogP contribution < -0.4 is 0 Å². The minimum absolute atomic E-state index is 0.0269. The van der Waals surface area contributed by atoms with Crippen LogP contribution in [0.4, 0.5) is 0 Å². The molecule has 1 fully saturated rings. The number of rotatable bonds is 8. The number of hydrogen-bond donors (Lipinski definition) is 0. The number of aryl methyl sites for hydroxylation is 1. The standard InChI is InChI=1S/C28H44N4/c1-11-20-23(18(2)3)29-17-22(31-20)27(7,8)14-15-28(9,10)25-24(19-12-13-19)32-21(16-30-25)26(4,5)6/h16-19H,11-15H2,1-10H3. The molecule has 3 rings (SSSR count). The monoisotopic (exact) mass is 436 g/mol. The van der Waals surface area contributed by atoms with Gasteiger partial charge >= 0.3 is 0 Å². The van der Waals surface area contributed by atoms with Crippen LogP contribution in [0.15, 0.2) is 12.4 Å². The quantitative estimate of drug-likeness (QED) is 0.440. The molecule has 0 spiro atoms. The van der Waals surface area contributed by atoms with Crippen molar-refractivity contribution in [2.45, 2.75) is 129 Å². The molecule has 1 saturated carbocycles. The molecule has 176 valence electrons. The fourth-order valence-electron chi connectivity index (χ4n) is 4.30. The van der Waals surface area contributed by atoms with Crippen molar-refractivity contribution in [2.75, 3.05) is 0 Å². The van der Waals surface area contributed by atoms with Crippen LogP contribution in [0.1, 0.15) is 141 Å². The Morgan fingerprint density at radius 2 is 1.44 bits per heavy atom. The van der Waals surface area contributed by atoms with Crippen LogP contribution in [0.2, 0.25) is 0 Å². The molecule has 32 heavy (non-hydrogen) atoms. The van der Waals surface area contributed by atoms with E-state index < -0.39 is 0 Å². The Morgan fingerprint density at radius 3 is 1.97 bits per heavy atom. The van der Waals surface area contributed by atoms with Crippen molar-refractivity contribution in [1.29, 1.82) is 0 Å². The lowest BCUT2D eigenvalue weighted by Crippen LogP contribution is -2.28. The van der Waals surface area contributed by atoms with Gasteiger partial charge in [0.1, 0.15) is 0 Å². The zero-order chi connectivity index (χ0) is 23.9. The number of aromatic nitrogens is 4. The van der Waals surface area contributed by atoms with E-state index in [1.54, 1.807) is 0 Å². The van der Waals surface area contributed by atoms with Crippen molar-refractivity contribution in [3.8, 4) is 0 Å². The molecule has 4 heteroatoms. The third kappa shape index (κ3) is 5.38. The van der Waals surface area contributed by atoms with E-state index in [-0.39, 0.29) is 16.2 Å². The maximum Gasteiger partial charge on any atom is 0.0678 e. The van der Waals surface area contributed by atoms with Crippen LogP contribution >= 0.6 is 0 Å². The Hall–Kier alpha value is -1.84. The molecule has 0 unspecified atom stereocenters. The predicted octanol–water partition coefficient (Wildman–Crippen LogP) is 7.16. The van der Waals surface area contributed by atoms with Gasteiger partial charge in [0.2, 0.25) is 0 Å². The van der Waals surface area contributed by atoms with Gasteiger partial charge in [-0.15, -0.1) is 0 Å². The molecule has 0 radical (unpaired) electrons. The first kappa shape index (κ1) is 24.8. The average molecular weight is 437 g/mol. The summed E-state index contributed by atoms with van der Waals surface area (Å²) in [5.74, 6) is 0.998. The molecule has 1 aliphatic rings. The van der Waals surface area contributed by atoms with Gasteiger partial charge in [-0.3, -0.25) is 19.9 Å². The zero-order valence-electron chi connectivity index (χ0n) is 22.1. The zero-order valence-corrected chi connectivity index (χ0v) is 22.1. The van der Waals surface area contributed by atoms with Gasteiger partial charge in [0, 0.05) is 34.6 Å². The first-order valence-corrected chi connectivity index (χ1v) is 12.5. The third-order valence-electron chi connectivity index (χ3n) is 7.00. The lowest BCUT2D eigenvalue weighted by molar-refractivity contribution is 0.358. The Balaban J connectivity index is 1.84. The summed E-state index contributed by atoms with van der Waals surface area (Å²) in [5, 5.41) is 0. The molecule has 1 aliphatic carbocycles. The van der Waals surface area contributed by atoms with E-state index >= 15 is 0 Å². The van der Waals surface area contributed by atoms with E-state index in [4.69, 9.17) is 19.9 Å². The maximum absolute atomic E-state index is 5.14. The van der Waals surface area contributed by atoms with Crippen LogP contribution in [0.5, 0.6) is 0 Å². The second-order valence-corrected chi connectivity index (χ2v) is 12.4. The van der Waals surface area contributed by atoms with Gasteiger partial charge in [0.05, 0.1) is 34.2 Å². The highest BCUT2D eigenvalue weighted by atomic mass is 14.9. The Morgan fingerprint density at radius 1 is 0.844 bits per heavy atom. The minimum Gasteiger partial charge on any atom is -0.257 e. The largest absolute Gasteiger partial charge is 0.257 e. The van der Waals surface area contributed by atoms with Crippen LogP contribution in [-0.4, -0.2) is 19.9 Å². The van der Waals surface area contributed by atoms with Gasteiger partial charge in [-0.05, 0) is 38.0 Å². The highest BCUT2D eigenvalue weighted by Crippen LogP contribution is 2.45. The SMILES string of the molecule is CCc1nc(C(C)(C)CCC(C)(C)c2ncc(C(C)(C)C)nc2C2CC2)cnc1C(C)C. The molecule has 0 aromatic carbocycles. The highest BCUT2D eigenvalue weighted by molar-refractivity contribution is 5.30. The fourth-order valence-corrected chi connectivity index (χ4v) is 4.30. The first-order valence-electron chi connectivity index (χ1n) is 12.5. The summed E-state index contributed by atoms with van der Waals surface area (Å²) >= 11 is 0. The van der Waals surface area contributed by atoms with Crippen LogP contribution in [0.25, 0.3) is 0 Å². The molecule has 2 heterocycles. The summed E-state index contributed by atoms with van der Waals surface area (Å²) in [5.41, 5.74) is 6.88. The number of hydrogen-bond acceptors (Lipinski definition) is 4. The van der Waals surface area contributed by atoms with E-state index in [0.717, 1.165) is 42.0 Å². The van der Waals surface area contributed by atoms with Gasteiger partial charge in [-0.25, -0.2) is 0 Å². The van der Waals surface area contributed by atoms with E-state index in [2.05, 4.69) is 69.2 Å². The van der Waals surface area contributed by atoms with E-state index in [0.29, 0.717) is 11.8 Å². The van der Waals surface area contributed by atoms with Crippen molar-refractivity contribution in [3.05, 3.63) is 46.6 Å². The lowest BCUT2D eigenvalue weighted by Gasteiger charge is -2.32. The molecule has 0 atom stereocenters. The van der Waals surface area contributed by atoms with Crippen molar-refractivity contribution in [1.82, 2.24) is 19.9 Å². The van der Waals surface area contributed by atoms with Crippen molar-refractivity contribution in [3.63, 3.8) is 0 Å². The molecule has 0 saturated heterocycles. The predicted molar refractivity (Wildman–Crippen MR) is 133 cm³/mol. The van der Waals surface area contributed by atoms with E-state index in [1.165, 1.54) is 24.2 Å². The van der Waals surface area contributed by atoms with Crippen LogP contribution in [0, 0.1) is 0 Å². The minimum atomic E-state index is -0.0395. The molecule has 0 bridgehead atoms. The summed E-state index contributed by atoms with van der Waals surface area (Å²) in [6.07, 6.45) is 9.51. The second-order valence-electron chi connectivity index (χ2n) is 12.4. The molecule has 2 aromatic rings. The topological polar surface area (TPSA) is 51.6 Å². The van der Waals surface area contributed by atoms with Gasteiger partial charge < -0.3 is 0 Å². The summed E-state index contributed by atoms with van der Waals surface area (Å²) in [6.45, 7) is 22.5. The molecule has 0 N–H and O–H groups in total. The van der Waals surface area contributed by atoms with E-state index in [9.17, 15) is 0 Å². The fraction of sp³-hybridized carbons (Fsp3) is 0.714. The molecule has 0 aliphatic heterocycles. The Bertz CT molecular complexity index is 946. The van der Waals surface area contributed by atoms with E-state index in [1.807, 2.05) is 12.4 Å². The normalized spacial score (nSPS) is 15.5. The number of nitrogens with zero attached hydrogens (tertiary/aromatic N) is 4. The van der Waals surface area contributed by atoms with Gasteiger partial charge in [-0.1, -0.05) is 69.2 Å². The average Bonchev–Trinajstić information content (AvgIpc) is 3.56. The van der Waals surface area contributed by atoms with Gasteiger partial charge in [0.15, 0.2) is 0 Å². The van der Waals surface area contributed by atoms with Crippen LogP contribution in [0.3, 0.4) is 0 Å². The highest BCUT2D eigenvalue weighted by Gasteiger charge is 2.37. The van der Waals surface area contributed by atoms with Gasteiger partial charge in [-0.2, -0.15) is 0 Å². The summed E-state index contributed by atoms with van der Waals surface area (Å²) in [7, 11) is 0. The van der Waals surface area contributed by atoms with Crippen molar-refractivity contribution in [2.24, 2.45) is 0 Å². The van der Waals surface area contributed by atoms with Crippen molar-refractivity contribution < 1.29 is 0 Å². The third-order valence-corrected chi connectivity index (χ3v) is 7.00.